The third-order valence-electron chi connectivity index (χ3n) is 3.82. The molecule has 0 spiro atoms. The molecule has 0 amide bonds. The number of nitrogens with two attached hydrogens (primary N) is 1. The Kier molecular flexibility index (Phi) is 3.52. The van der Waals surface area contributed by atoms with E-state index in [-0.39, 0.29) is 6.04 Å². The van der Waals surface area contributed by atoms with Gasteiger partial charge in [-0.25, -0.2) is 4.98 Å². The molecule has 1 aromatic carbocycles. The topological polar surface area (TPSA) is 43.3 Å². The lowest BCUT2D eigenvalue weighted by Crippen LogP contribution is -2.11. The predicted molar refractivity (Wildman–Crippen MR) is 86.5 cm³/mol. The molecule has 2 aromatic heterocycles. The molecular formula is C18H21N3. The number of hydrogen-bond donors (Lipinski definition) is 1. The Morgan fingerprint density at radius 2 is 1.81 bits per heavy atom. The van der Waals surface area contributed by atoms with Crippen molar-refractivity contribution in [3.05, 3.63) is 70.7 Å². The normalized spacial score (nSPS) is 12.8. The van der Waals surface area contributed by atoms with E-state index in [1.54, 1.807) is 0 Å². The molecule has 0 saturated heterocycles. The van der Waals surface area contributed by atoms with Crippen LogP contribution in [0, 0.1) is 13.8 Å². The van der Waals surface area contributed by atoms with Gasteiger partial charge in [0.05, 0.1) is 11.4 Å². The minimum atomic E-state index is -0.0387. The van der Waals surface area contributed by atoms with E-state index < -0.39 is 0 Å². The van der Waals surface area contributed by atoms with Crippen molar-refractivity contribution in [1.29, 1.82) is 0 Å². The summed E-state index contributed by atoms with van der Waals surface area (Å²) in [6.45, 7) is 6.20. The maximum Gasteiger partial charge on any atom is 0.137 e. The van der Waals surface area contributed by atoms with Gasteiger partial charge in [0, 0.05) is 18.7 Å². The van der Waals surface area contributed by atoms with Crippen LogP contribution in [0.3, 0.4) is 0 Å². The summed E-state index contributed by atoms with van der Waals surface area (Å²) in [6, 6.07) is 12.8. The average Bonchev–Trinajstić information content (AvgIpc) is 2.78. The molecule has 1 atom stereocenters. The van der Waals surface area contributed by atoms with Crippen LogP contribution in [0.2, 0.25) is 0 Å². The number of aromatic nitrogens is 2. The van der Waals surface area contributed by atoms with Gasteiger partial charge in [0.1, 0.15) is 5.65 Å². The van der Waals surface area contributed by atoms with Gasteiger partial charge in [-0.1, -0.05) is 29.8 Å². The van der Waals surface area contributed by atoms with Gasteiger partial charge in [-0.15, -0.1) is 0 Å². The first-order chi connectivity index (χ1) is 10.0. The number of aryl methyl sites for hydroxylation is 2. The molecule has 21 heavy (non-hydrogen) atoms. The van der Waals surface area contributed by atoms with Gasteiger partial charge in [-0.3, -0.25) is 0 Å². The molecule has 3 rings (SSSR count). The van der Waals surface area contributed by atoms with Crippen molar-refractivity contribution in [3.8, 4) is 0 Å². The van der Waals surface area contributed by atoms with Gasteiger partial charge < -0.3 is 10.1 Å². The number of imidazole rings is 1. The van der Waals surface area contributed by atoms with E-state index in [0.29, 0.717) is 0 Å². The number of nitrogens with zero attached hydrogens (tertiary/aromatic N) is 2. The summed E-state index contributed by atoms with van der Waals surface area (Å²) in [7, 11) is 0. The van der Waals surface area contributed by atoms with Crippen LogP contribution in [0.1, 0.15) is 41.0 Å². The summed E-state index contributed by atoms with van der Waals surface area (Å²) >= 11 is 0. The zero-order valence-electron chi connectivity index (χ0n) is 12.8. The molecule has 0 fully saturated rings. The minimum absolute atomic E-state index is 0.0387. The standard InChI is InChI=1S/C18H21N3/c1-12-4-6-15(7-5-12)11-16-18(14(3)19)21-9-8-13(2)10-17(21)20-16/h4-10,14H,11,19H2,1-3H3. The van der Waals surface area contributed by atoms with Crippen LogP contribution in [-0.4, -0.2) is 9.38 Å². The van der Waals surface area contributed by atoms with E-state index in [2.05, 4.69) is 60.8 Å². The van der Waals surface area contributed by atoms with E-state index >= 15 is 0 Å². The molecule has 3 nitrogen and oxygen atoms in total. The quantitative estimate of drug-likeness (QED) is 0.796. The van der Waals surface area contributed by atoms with E-state index in [1.807, 2.05) is 6.92 Å². The zero-order chi connectivity index (χ0) is 15.0. The van der Waals surface area contributed by atoms with Crippen molar-refractivity contribution in [2.24, 2.45) is 5.73 Å². The Morgan fingerprint density at radius 3 is 2.48 bits per heavy atom. The largest absolute Gasteiger partial charge is 0.323 e. The number of pyridine rings is 1. The molecule has 3 aromatic rings. The highest BCUT2D eigenvalue weighted by Gasteiger charge is 2.15. The summed E-state index contributed by atoms with van der Waals surface area (Å²) in [5, 5.41) is 0. The van der Waals surface area contributed by atoms with Crippen LogP contribution in [0.15, 0.2) is 42.6 Å². The highest BCUT2D eigenvalue weighted by atomic mass is 15.0. The molecule has 0 aliphatic heterocycles. The second kappa shape index (κ2) is 5.34. The SMILES string of the molecule is Cc1ccc(Cc2nc3cc(C)ccn3c2C(C)N)cc1. The predicted octanol–water partition coefficient (Wildman–Crippen LogP) is 3.56. The third-order valence-corrected chi connectivity index (χ3v) is 3.82. The van der Waals surface area contributed by atoms with Gasteiger partial charge in [-0.2, -0.15) is 0 Å². The number of fused-ring (bicyclic) bond motifs is 1. The fourth-order valence-electron chi connectivity index (χ4n) is 2.73. The highest BCUT2D eigenvalue weighted by Crippen LogP contribution is 2.22. The minimum Gasteiger partial charge on any atom is -0.323 e. The van der Waals surface area contributed by atoms with E-state index in [1.165, 1.54) is 16.7 Å². The fraction of sp³-hybridized carbons (Fsp3) is 0.278. The molecule has 0 saturated carbocycles. The van der Waals surface area contributed by atoms with Crippen molar-refractivity contribution >= 4 is 5.65 Å². The maximum absolute atomic E-state index is 6.18. The Morgan fingerprint density at radius 1 is 1.10 bits per heavy atom. The van der Waals surface area contributed by atoms with Crippen LogP contribution in [0.25, 0.3) is 5.65 Å². The highest BCUT2D eigenvalue weighted by molar-refractivity contribution is 5.47. The molecule has 108 valence electrons. The summed E-state index contributed by atoms with van der Waals surface area (Å²) < 4.78 is 2.11. The summed E-state index contributed by atoms with van der Waals surface area (Å²) in [6.07, 6.45) is 2.88. The Balaban J connectivity index is 2.08. The van der Waals surface area contributed by atoms with Gasteiger partial charge in [-0.05, 0) is 44.0 Å². The zero-order valence-corrected chi connectivity index (χ0v) is 12.8. The lowest BCUT2D eigenvalue weighted by Gasteiger charge is -2.09. The smallest absolute Gasteiger partial charge is 0.137 e. The molecular weight excluding hydrogens is 258 g/mol. The average molecular weight is 279 g/mol. The summed E-state index contributed by atoms with van der Waals surface area (Å²) in [5.74, 6) is 0. The van der Waals surface area contributed by atoms with Crippen molar-refractivity contribution in [3.63, 3.8) is 0 Å². The lowest BCUT2D eigenvalue weighted by atomic mass is 10.0. The first-order valence-corrected chi connectivity index (χ1v) is 7.33. The summed E-state index contributed by atoms with van der Waals surface area (Å²) in [5.41, 5.74) is 13.1. The number of benzene rings is 1. The van der Waals surface area contributed by atoms with Gasteiger partial charge in [0.2, 0.25) is 0 Å². The summed E-state index contributed by atoms with van der Waals surface area (Å²) in [4.78, 5) is 4.80. The van der Waals surface area contributed by atoms with Crippen LogP contribution in [-0.2, 0) is 6.42 Å². The number of rotatable bonds is 3. The van der Waals surface area contributed by atoms with Crippen molar-refractivity contribution < 1.29 is 0 Å². The lowest BCUT2D eigenvalue weighted by molar-refractivity contribution is 0.755. The van der Waals surface area contributed by atoms with Crippen molar-refractivity contribution in [2.75, 3.05) is 0 Å². The Labute approximate surface area is 125 Å². The van der Waals surface area contributed by atoms with Crippen LogP contribution in [0.5, 0.6) is 0 Å². The van der Waals surface area contributed by atoms with Gasteiger partial charge in [0.25, 0.3) is 0 Å². The number of hydrogen-bond acceptors (Lipinski definition) is 2. The fourth-order valence-corrected chi connectivity index (χ4v) is 2.73. The molecule has 2 N–H and O–H groups in total. The monoisotopic (exact) mass is 279 g/mol. The molecule has 0 aliphatic rings. The molecule has 2 heterocycles. The van der Waals surface area contributed by atoms with Crippen molar-refractivity contribution in [2.45, 2.75) is 33.2 Å². The van der Waals surface area contributed by atoms with Crippen molar-refractivity contribution in [1.82, 2.24) is 9.38 Å². The third kappa shape index (κ3) is 2.69. The van der Waals surface area contributed by atoms with Gasteiger partial charge in [0.15, 0.2) is 0 Å². The Hall–Kier alpha value is -2.13. The Bertz CT molecular complexity index is 767. The molecule has 1 unspecified atom stereocenters. The molecule has 0 radical (unpaired) electrons. The molecule has 0 bridgehead atoms. The molecule has 3 heteroatoms. The maximum atomic E-state index is 6.18. The van der Waals surface area contributed by atoms with E-state index in [4.69, 9.17) is 10.7 Å². The first-order valence-electron chi connectivity index (χ1n) is 7.33. The second-order valence-corrected chi connectivity index (χ2v) is 5.83. The van der Waals surface area contributed by atoms with E-state index in [9.17, 15) is 0 Å². The van der Waals surface area contributed by atoms with Crippen LogP contribution in [0.4, 0.5) is 0 Å². The van der Waals surface area contributed by atoms with Gasteiger partial charge >= 0.3 is 0 Å². The van der Waals surface area contributed by atoms with E-state index in [0.717, 1.165) is 23.5 Å². The van der Waals surface area contributed by atoms with Crippen LogP contribution < -0.4 is 5.73 Å². The first kappa shape index (κ1) is 13.8. The van der Waals surface area contributed by atoms with Crippen LogP contribution >= 0.6 is 0 Å². The molecule has 0 aliphatic carbocycles. The second-order valence-electron chi connectivity index (χ2n) is 5.83.